The summed E-state index contributed by atoms with van der Waals surface area (Å²) in [6, 6.07) is 8.66. The molecule has 134 valence electrons. The molecule has 6 heteroatoms. The van der Waals surface area contributed by atoms with Gasteiger partial charge in [-0.15, -0.1) is 0 Å². The Morgan fingerprint density at radius 2 is 2.04 bits per heavy atom. The van der Waals surface area contributed by atoms with Gasteiger partial charge in [0, 0.05) is 12.2 Å². The number of benzene rings is 2. The molecule has 2 aromatic carbocycles. The third-order valence-corrected chi connectivity index (χ3v) is 3.99. The number of rotatable bonds is 8. The lowest BCUT2D eigenvalue weighted by atomic mass is 10.1. The first-order chi connectivity index (χ1) is 12.0. The minimum Gasteiger partial charge on any atom is -0.493 e. The smallest absolute Gasteiger partial charge is 0.335 e. The van der Waals surface area contributed by atoms with Gasteiger partial charge in [0.1, 0.15) is 0 Å². The maximum atomic E-state index is 11.1. The highest BCUT2D eigenvalue weighted by Gasteiger charge is 2.12. The third kappa shape index (κ3) is 4.79. The van der Waals surface area contributed by atoms with Crippen molar-refractivity contribution in [3.05, 3.63) is 52.0 Å². The first kappa shape index (κ1) is 18.9. The molecule has 0 bridgehead atoms. The van der Waals surface area contributed by atoms with Gasteiger partial charge in [0.05, 0.1) is 24.3 Å². The van der Waals surface area contributed by atoms with E-state index in [1.807, 2.05) is 26.0 Å². The molecule has 2 rings (SSSR count). The van der Waals surface area contributed by atoms with E-state index in [4.69, 9.17) is 26.2 Å². The molecule has 5 nitrogen and oxygen atoms in total. The lowest BCUT2D eigenvalue weighted by Crippen LogP contribution is -2.05. The largest absolute Gasteiger partial charge is 0.493 e. The number of methoxy groups -OCH3 is 1. The highest BCUT2D eigenvalue weighted by molar-refractivity contribution is 6.32. The fourth-order valence-electron chi connectivity index (χ4n) is 2.36. The minimum atomic E-state index is -0.954. The SMILES string of the molecule is CCCOc1c(Cl)cc(CNc2cc(C(=O)O)ccc2C)cc1OC. The van der Waals surface area contributed by atoms with Gasteiger partial charge in [0.2, 0.25) is 0 Å². The van der Waals surface area contributed by atoms with Crippen LogP contribution in [0.4, 0.5) is 5.69 Å². The molecule has 0 atom stereocenters. The highest BCUT2D eigenvalue weighted by atomic mass is 35.5. The summed E-state index contributed by atoms with van der Waals surface area (Å²) in [6.07, 6.45) is 0.877. The topological polar surface area (TPSA) is 67.8 Å². The van der Waals surface area contributed by atoms with Gasteiger partial charge in [-0.05, 0) is 48.7 Å². The summed E-state index contributed by atoms with van der Waals surface area (Å²) >= 11 is 6.32. The van der Waals surface area contributed by atoms with E-state index in [0.29, 0.717) is 29.7 Å². The molecule has 0 fully saturated rings. The summed E-state index contributed by atoms with van der Waals surface area (Å²) in [6.45, 7) is 4.98. The van der Waals surface area contributed by atoms with E-state index in [-0.39, 0.29) is 5.56 Å². The fourth-order valence-corrected chi connectivity index (χ4v) is 2.65. The van der Waals surface area contributed by atoms with E-state index in [1.165, 1.54) is 0 Å². The molecule has 2 N–H and O–H groups in total. The maximum absolute atomic E-state index is 11.1. The van der Waals surface area contributed by atoms with Crippen molar-refractivity contribution in [3.63, 3.8) is 0 Å². The Bertz CT molecular complexity index is 761. The normalized spacial score (nSPS) is 10.4. The molecule has 0 spiro atoms. The number of hydrogen-bond donors (Lipinski definition) is 2. The Labute approximate surface area is 152 Å². The summed E-state index contributed by atoms with van der Waals surface area (Å²) in [7, 11) is 1.57. The molecule has 0 heterocycles. The maximum Gasteiger partial charge on any atom is 0.335 e. The van der Waals surface area contributed by atoms with E-state index in [2.05, 4.69) is 5.32 Å². The fraction of sp³-hybridized carbons (Fsp3) is 0.316. The number of anilines is 1. The van der Waals surface area contributed by atoms with Crippen molar-refractivity contribution in [1.82, 2.24) is 0 Å². The molecule has 0 aliphatic rings. The van der Waals surface area contributed by atoms with Gasteiger partial charge >= 0.3 is 5.97 Å². The molecule has 0 aliphatic carbocycles. The van der Waals surface area contributed by atoms with E-state index in [9.17, 15) is 4.79 Å². The molecule has 0 radical (unpaired) electrons. The summed E-state index contributed by atoms with van der Waals surface area (Å²) in [5.41, 5.74) is 2.88. The van der Waals surface area contributed by atoms with Crippen LogP contribution < -0.4 is 14.8 Å². The molecular formula is C19H22ClNO4. The van der Waals surface area contributed by atoms with Gasteiger partial charge in [0.25, 0.3) is 0 Å². The van der Waals surface area contributed by atoms with Crippen LogP contribution in [0.3, 0.4) is 0 Å². The molecule has 0 saturated heterocycles. The van der Waals surface area contributed by atoms with Gasteiger partial charge in [-0.25, -0.2) is 4.79 Å². The molecule has 0 aliphatic heterocycles. The lowest BCUT2D eigenvalue weighted by molar-refractivity contribution is 0.0697. The number of ether oxygens (including phenoxy) is 2. The minimum absolute atomic E-state index is 0.243. The summed E-state index contributed by atoms with van der Waals surface area (Å²) < 4.78 is 11.0. The van der Waals surface area contributed by atoms with Crippen molar-refractivity contribution in [2.24, 2.45) is 0 Å². The second-order valence-corrected chi connectivity index (χ2v) is 6.05. The number of halogens is 1. The van der Waals surface area contributed by atoms with Crippen molar-refractivity contribution in [1.29, 1.82) is 0 Å². The van der Waals surface area contributed by atoms with Crippen LogP contribution in [0.2, 0.25) is 5.02 Å². The lowest BCUT2D eigenvalue weighted by Gasteiger charge is -2.15. The Balaban J connectivity index is 2.19. The van der Waals surface area contributed by atoms with Crippen molar-refractivity contribution in [3.8, 4) is 11.5 Å². The number of carboxylic acids is 1. The standard InChI is InChI=1S/C19H22ClNO4/c1-4-7-25-18-15(20)8-13(9-17(18)24-3)11-21-16-10-14(19(22)23)6-5-12(16)2/h5-6,8-10,21H,4,7,11H2,1-3H3,(H,22,23). The molecule has 0 saturated carbocycles. The van der Waals surface area contributed by atoms with Gasteiger partial charge in [-0.3, -0.25) is 0 Å². The summed E-state index contributed by atoms with van der Waals surface area (Å²) in [4.78, 5) is 11.1. The van der Waals surface area contributed by atoms with E-state index in [0.717, 1.165) is 23.2 Å². The Hall–Kier alpha value is -2.40. The van der Waals surface area contributed by atoms with Crippen LogP contribution in [0.25, 0.3) is 0 Å². The first-order valence-electron chi connectivity index (χ1n) is 8.03. The predicted molar refractivity (Wildman–Crippen MR) is 99.3 cm³/mol. The molecule has 0 aromatic heterocycles. The molecule has 25 heavy (non-hydrogen) atoms. The van der Waals surface area contributed by atoms with Crippen LogP contribution >= 0.6 is 11.6 Å². The van der Waals surface area contributed by atoms with Crippen LogP contribution in [-0.2, 0) is 6.54 Å². The van der Waals surface area contributed by atoms with Crippen molar-refractivity contribution in [2.45, 2.75) is 26.8 Å². The second-order valence-electron chi connectivity index (χ2n) is 5.65. The Morgan fingerprint density at radius 1 is 1.28 bits per heavy atom. The highest BCUT2D eigenvalue weighted by Crippen LogP contribution is 2.36. The van der Waals surface area contributed by atoms with E-state index in [1.54, 1.807) is 25.3 Å². The van der Waals surface area contributed by atoms with Gasteiger partial charge in [-0.2, -0.15) is 0 Å². The van der Waals surface area contributed by atoms with Gasteiger partial charge in [0.15, 0.2) is 11.5 Å². The molecular weight excluding hydrogens is 342 g/mol. The second kappa shape index (κ2) is 8.62. The van der Waals surface area contributed by atoms with Crippen LogP contribution in [0.15, 0.2) is 30.3 Å². The van der Waals surface area contributed by atoms with Crippen LogP contribution in [0, 0.1) is 6.92 Å². The van der Waals surface area contributed by atoms with E-state index < -0.39 is 5.97 Å². The Kier molecular flexibility index (Phi) is 6.53. The zero-order valence-electron chi connectivity index (χ0n) is 14.6. The monoisotopic (exact) mass is 363 g/mol. The number of hydrogen-bond acceptors (Lipinski definition) is 4. The predicted octanol–water partition coefficient (Wildman–Crippen LogP) is 4.76. The summed E-state index contributed by atoms with van der Waals surface area (Å²) in [5.74, 6) is 0.165. The molecule has 0 amide bonds. The van der Waals surface area contributed by atoms with Crippen LogP contribution in [-0.4, -0.2) is 24.8 Å². The molecule has 0 unspecified atom stereocenters. The van der Waals surface area contributed by atoms with Gasteiger partial charge in [-0.1, -0.05) is 24.6 Å². The number of aryl methyl sites for hydroxylation is 1. The number of aromatic carboxylic acids is 1. The molecule has 2 aromatic rings. The zero-order chi connectivity index (χ0) is 18.4. The quantitative estimate of drug-likeness (QED) is 0.708. The Morgan fingerprint density at radius 3 is 2.68 bits per heavy atom. The average molecular weight is 364 g/mol. The number of carbonyl (C=O) groups is 1. The van der Waals surface area contributed by atoms with Gasteiger partial charge < -0.3 is 19.9 Å². The average Bonchev–Trinajstić information content (AvgIpc) is 2.59. The van der Waals surface area contributed by atoms with Crippen LogP contribution in [0.1, 0.15) is 34.8 Å². The van der Waals surface area contributed by atoms with Crippen LogP contribution in [0.5, 0.6) is 11.5 Å². The van der Waals surface area contributed by atoms with Crippen molar-refractivity contribution in [2.75, 3.05) is 19.0 Å². The first-order valence-corrected chi connectivity index (χ1v) is 8.41. The third-order valence-electron chi connectivity index (χ3n) is 3.71. The number of carboxylic acid groups (broad SMARTS) is 1. The summed E-state index contributed by atoms with van der Waals surface area (Å²) in [5, 5.41) is 12.8. The van der Waals surface area contributed by atoms with Crippen molar-refractivity contribution < 1.29 is 19.4 Å². The van der Waals surface area contributed by atoms with Crippen molar-refractivity contribution >= 4 is 23.3 Å². The zero-order valence-corrected chi connectivity index (χ0v) is 15.3. The van der Waals surface area contributed by atoms with E-state index >= 15 is 0 Å². The number of nitrogens with one attached hydrogen (secondary N) is 1.